The number of carbonyl (C=O) groups is 3. The molecule has 1 heterocycles. The normalized spacial score (nSPS) is 14.9. The maximum atomic E-state index is 13.4. The van der Waals surface area contributed by atoms with Gasteiger partial charge >= 0.3 is 6.09 Å². The van der Waals surface area contributed by atoms with Crippen LogP contribution in [0.4, 0.5) is 4.79 Å². The Kier molecular flexibility index (Phi) is 10.8. The van der Waals surface area contributed by atoms with Gasteiger partial charge in [-0.3, -0.25) is 9.59 Å². The SMILES string of the molecule is CC(C)C[C@H](NC(=O)OCc1ccccc1)C(=O)N[C@@H](CC(C)C)C(=O)N[C@@H](Cc1ccc(O)cc1)C1N=N1. The average Bonchev–Trinajstić information content (AvgIpc) is 3.73. The Hall–Kier alpha value is -3.95. The van der Waals surface area contributed by atoms with Gasteiger partial charge in [0.15, 0.2) is 0 Å². The van der Waals surface area contributed by atoms with Crippen molar-refractivity contribution in [3.8, 4) is 5.75 Å². The molecule has 3 rings (SSSR count). The van der Waals surface area contributed by atoms with Gasteiger partial charge in [0, 0.05) is 0 Å². The van der Waals surface area contributed by atoms with Gasteiger partial charge in [0.1, 0.15) is 24.4 Å². The summed E-state index contributed by atoms with van der Waals surface area (Å²) in [5.74, 6) is -0.391. The van der Waals surface area contributed by atoms with Gasteiger partial charge in [-0.05, 0) is 54.4 Å². The number of phenols is 1. The summed E-state index contributed by atoms with van der Waals surface area (Å²) in [6, 6.07) is 14.0. The zero-order valence-electron chi connectivity index (χ0n) is 23.0. The Labute approximate surface area is 229 Å². The van der Waals surface area contributed by atoms with E-state index in [4.69, 9.17) is 4.74 Å². The number of nitrogens with zero attached hydrogens (tertiary/aromatic N) is 2. The fourth-order valence-electron chi connectivity index (χ4n) is 4.18. The third-order valence-corrected chi connectivity index (χ3v) is 6.20. The minimum Gasteiger partial charge on any atom is -0.508 e. The molecule has 1 aliphatic heterocycles. The minimum atomic E-state index is -0.864. The molecule has 4 N–H and O–H groups in total. The number of hydrogen-bond donors (Lipinski definition) is 4. The monoisotopic (exact) mass is 537 g/mol. The van der Waals surface area contributed by atoms with Gasteiger partial charge in [-0.2, -0.15) is 10.2 Å². The van der Waals surface area contributed by atoms with Crippen LogP contribution in [-0.2, 0) is 27.4 Å². The Morgan fingerprint density at radius 2 is 1.36 bits per heavy atom. The second kappa shape index (κ2) is 14.3. The highest BCUT2D eigenvalue weighted by atomic mass is 16.5. The molecule has 0 aromatic heterocycles. The molecule has 3 amide bonds. The van der Waals surface area contributed by atoms with E-state index in [0.29, 0.717) is 19.3 Å². The fourth-order valence-corrected chi connectivity index (χ4v) is 4.18. The summed E-state index contributed by atoms with van der Waals surface area (Å²) >= 11 is 0. The highest BCUT2D eigenvalue weighted by Crippen LogP contribution is 2.21. The van der Waals surface area contributed by atoms with Gasteiger partial charge in [-0.1, -0.05) is 70.2 Å². The molecule has 0 fully saturated rings. The fraction of sp³-hybridized carbons (Fsp3) is 0.483. The van der Waals surface area contributed by atoms with E-state index in [1.165, 1.54) is 0 Å². The first kappa shape index (κ1) is 29.6. The Morgan fingerprint density at radius 3 is 1.92 bits per heavy atom. The lowest BCUT2D eigenvalue weighted by Gasteiger charge is -2.26. The summed E-state index contributed by atoms with van der Waals surface area (Å²) in [7, 11) is 0. The van der Waals surface area contributed by atoms with E-state index in [9.17, 15) is 19.5 Å². The van der Waals surface area contributed by atoms with Crippen molar-refractivity contribution in [3.05, 3.63) is 65.7 Å². The number of nitrogens with one attached hydrogen (secondary N) is 3. The molecule has 10 heteroatoms. The number of hydrogen-bond acceptors (Lipinski definition) is 7. The predicted octanol–water partition coefficient (Wildman–Crippen LogP) is 4.08. The van der Waals surface area contributed by atoms with Crippen LogP contribution in [0.15, 0.2) is 64.8 Å². The molecular formula is C29H39N5O5. The second-order valence-corrected chi connectivity index (χ2v) is 10.7. The topological polar surface area (TPSA) is 141 Å². The molecule has 0 spiro atoms. The number of benzene rings is 2. The molecule has 0 saturated heterocycles. The molecule has 0 unspecified atom stereocenters. The van der Waals surface area contributed by atoms with E-state index in [0.717, 1.165) is 11.1 Å². The van der Waals surface area contributed by atoms with E-state index in [1.54, 1.807) is 24.3 Å². The van der Waals surface area contributed by atoms with Crippen LogP contribution in [0.3, 0.4) is 0 Å². The molecular weight excluding hydrogens is 498 g/mol. The third-order valence-electron chi connectivity index (χ3n) is 6.20. The van der Waals surface area contributed by atoms with Gasteiger partial charge in [-0.25, -0.2) is 4.79 Å². The molecule has 2 aromatic carbocycles. The van der Waals surface area contributed by atoms with E-state index in [2.05, 4.69) is 26.2 Å². The summed E-state index contributed by atoms with van der Waals surface area (Å²) in [6.07, 6.45) is 0.209. The molecule has 2 aromatic rings. The Bertz CT molecular complexity index is 1110. The van der Waals surface area contributed by atoms with Crippen molar-refractivity contribution in [3.63, 3.8) is 0 Å². The molecule has 3 atom stereocenters. The van der Waals surface area contributed by atoms with Gasteiger partial charge in [0.25, 0.3) is 0 Å². The van der Waals surface area contributed by atoms with Crippen molar-refractivity contribution in [1.29, 1.82) is 0 Å². The number of aromatic hydroxyl groups is 1. The van der Waals surface area contributed by atoms with E-state index < -0.39 is 24.1 Å². The van der Waals surface area contributed by atoms with Crippen molar-refractivity contribution in [2.75, 3.05) is 0 Å². The lowest BCUT2D eigenvalue weighted by Crippen LogP contribution is -2.56. The highest BCUT2D eigenvalue weighted by Gasteiger charge is 2.34. The predicted molar refractivity (Wildman–Crippen MR) is 147 cm³/mol. The number of carbonyl (C=O) groups excluding carboxylic acids is 3. The first-order chi connectivity index (χ1) is 18.6. The summed E-state index contributed by atoms with van der Waals surface area (Å²) in [5.41, 5.74) is 1.75. The van der Waals surface area contributed by atoms with Gasteiger partial charge in [0.05, 0.1) is 6.04 Å². The van der Waals surface area contributed by atoms with Gasteiger partial charge in [-0.15, -0.1) is 0 Å². The molecule has 1 aliphatic rings. The molecule has 10 nitrogen and oxygen atoms in total. The smallest absolute Gasteiger partial charge is 0.408 e. The van der Waals surface area contributed by atoms with Crippen molar-refractivity contribution < 1.29 is 24.2 Å². The first-order valence-electron chi connectivity index (χ1n) is 13.4. The zero-order chi connectivity index (χ0) is 28.4. The van der Waals surface area contributed by atoms with Crippen LogP contribution in [0.1, 0.15) is 51.7 Å². The van der Waals surface area contributed by atoms with Crippen LogP contribution in [-0.4, -0.2) is 47.3 Å². The zero-order valence-corrected chi connectivity index (χ0v) is 23.0. The number of ether oxygens (including phenoxy) is 1. The minimum absolute atomic E-state index is 0.0841. The number of phenolic OH excluding ortho intramolecular Hbond substituents is 1. The lowest BCUT2D eigenvalue weighted by atomic mass is 9.99. The lowest BCUT2D eigenvalue weighted by molar-refractivity contribution is -0.131. The molecule has 39 heavy (non-hydrogen) atoms. The average molecular weight is 538 g/mol. The maximum Gasteiger partial charge on any atom is 0.408 e. The van der Waals surface area contributed by atoms with Crippen molar-refractivity contribution in [2.24, 2.45) is 22.1 Å². The van der Waals surface area contributed by atoms with E-state index in [1.807, 2.05) is 58.0 Å². The summed E-state index contributed by atoms with van der Waals surface area (Å²) in [4.78, 5) is 39.2. The number of amides is 3. The second-order valence-electron chi connectivity index (χ2n) is 10.7. The third kappa shape index (κ3) is 10.4. The summed E-state index contributed by atoms with van der Waals surface area (Å²) < 4.78 is 5.31. The highest BCUT2D eigenvalue weighted by molar-refractivity contribution is 5.91. The molecule has 210 valence electrons. The number of rotatable bonds is 14. The van der Waals surface area contributed by atoms with E-state index >= 15 is 0 Å². The standard InChI is InChI=1S/C29H39N5O5/c1-18(2)14-24(27(36)30-23(26-33-34-26)16-20-10-12-22(35)13-11-20)31-28(37)25(15-19(3)4)32-29(38)39-17-21-8-6-5-7-9-21/h5-13,18-19,23-26,35H,14-17H2,1-4H3,(H,30,36)(H,31,37)(H,32,38)/t23-,24-,25-/m0/s1. The molecule has 0 aliphatic carbocycles. The van der Waals surface area contributed by atoms with Crippen molar-refractivity contribution in [1.82, 2.24) is 16.0 Å². The summed E-state index contributed by atoms with van der Waals surface area (Å²) in [6.45, 7) is 7.92. The quantitative estimate of drug-likeness (QED) is 0.287. The first-order valence-corrected chi connectivity index (χ1v) is 13.4. The van der Waals surface area contributed by atoms with Crippen LogP contribution in [0.5, 0.6) is 5.75 Å². The van der Waals surface area contributed by atoms with Crippen LogP contribution in [0.2, 0.25) is 0 Å². The van der Waals surface area contributed by atoms with Crippen LogP contribution in [0, 0.1) is 11.8 Å². The molecule has 0 bridgehead atoms. The van der Waals surface area contributed by atoms with Crippen molar-refractivity contribution >= 4 is 17.9 Å². The van der Waals surface area contributed by atoms with Gasteiger partial charge in [0.2, 0.25) is 18.0 Å². The summed E-state index contributed by atoms with van der Waals surface area (Å²) in [5, 5.41) is 26.1. The largest absolute Gasteiger partial charge is 0.508 e. The van der Waals surface area contributed by atoms with E-state index in [-0.39, 0.29) is 42.3 Å². The van der Waals surface area contributed by atoms with Gasteiger partial charge < -0.3 is 25.8 Å². The molecule has 0 radical (unpaired) electrons. The molecule has 0 saturated carbocycles. The van der Waals surface area contributed by atoms with Crippen molar-refractivity contribution in [2.45, 2.75) is 77.9 Å². The number of alkyl carbamates (subject to hydrolysis) is 1. The Balaban J connectivity index is 1.63. The van der Waals surface area contributed by atoms with Crippen LogP contribution in [0.25, 0.3) is 0 Å². The van der Waals surface area contributed by atoms with Crippen LogP contribution < -0.4 is 16.0 Å². The Morgan fingerprint density at radius 1 is 0.795 bits per heavy atom. The maximum absolute atomic E-state index is 13.4. The van der Waals surface area contributed by atoms with Crippen LogP contribution >= 0.6 is 0 Å².